The van der Waals surface area contributed by atoms with Gasteiger partial charge < -0.3 is 0 Å². The summed E-state index contributed by atoms with van der Waals surface area (Å²) in [6, 6.07) is 7.95. The molecule has 2 nitrogen and oxygen atoms in total. The van der Waals surface area contributed by atoms with Crippen LogP contribution in [0.25, 0.3) is 12.2 Å². The Kier molecular flexibility index (Phi) is 11.5. The summed E-state index contributed by atoms with van der Waals surface area (Å²) in [4.78, 5) is 8.86. The maximum atomic E-state index is 4.43. The fourth-order valence-corrected chi connectivity index (χ4v) is 2.80. The van der Waals surface area contributed by atoms with Crippen LogP contribution in [0, 0.1) is 23.7 Å². The Hall–Kier alpha value is -3.10. The summed E-state index contributed by atoms with van der Waals surface area (Å²) in [7, 11) is 0. The fraction of sp³-hybridized carbons (Fsp3) is 0.357. The van der Waals surface area contributed by atoms with Crippen LogP contribution in [0.3, 0.4) is 0 Å². The highest BCUT2D eigenvalue weighted by atomic mass is 14.7. The van der Waals surface area contributed by atoms with Crippen LogP contribution in [-0.4, -0.2) is 9.97 Å². The standard InChI is InChI=1S/C28H32N2/c1-3-5-7-9-11-17-27-21-19-25(23-29-27)15-13-14-16-26-20-22-28(30-24-26)18-12-10-8-6-4-2/h11-12,17-24H,3-10H2,1-2H3/b17-11+,18-12+. The van der Waals surface area contributed by atoms with Gasteiger partial charge in [-0.1, -0.05) is 63.5 Å². The van der Waals surface area contributed by atoms with Gasteiger partial charge in [0.2, 0.25) is 0 Å². The molecule has 2 heterocycles. The van der Waals surface area contributed by atoms with Crippen molar-refractivity contribution in [1.82, 2.24) is 9.97 Å². The zero-order valence-corrected chi connectivity index (χ0v) is 18.3. The predicted molar refractivity (Wildman–Crippen MR) is 129 cm³/mol. The molecule has 0 saturated heterocycles. The Morgan fingerprint density at radius 2 is 1.13 bits per heavy atom. The van der Waals surface area contributed by atoms with Crippen LogP contribution in [0.15, 0.2) is 48.8 Å². The van der Waals surface area contributed by atoms with E-state index in [2.05, 4.69) is 71.8 Å². The zero-order valence-electron chi connectivity index (χ0n) is 18.3. The van der Waals surface area contributed by atoms with Crippen molar-refractivity contribution in [3.05, 3.63) is 71.3 Å². The lowest BCUT2D eigenvalue weighted by Gasteiger charge is -1.94. The van der Waals surface area contributed by atoms with Gasteiger partial charge in [-0.15, -0.1) is 0 Å². The molecule has 0 bridgehead atoms. The molecule has 0 unspecified atom stereocenters. The van der Waals surface area contributed by atoms with Crippen LogP contribution in [-0.2, 0) is 0 Å². The first-order valence-electron chi connectivity index (χ1n) is 11.1. The summed E-state index contributed by atoms with van der Waals surface area (Å²) in [5, 5.41) is 0. The summed E-state index contributed by atoms with van der Waals surface area (Å²) >= 11 is 0. The number of unbranched alkanes of at least 4 members (excludes halogenated alkanes) is 6. The lowest BCUT2D eigenvalue weighted by molar-refractivity contribution is 0.730. The second kappa shape index (κ2) is 14.8. The van der Waals surface area contributed by atoms with Crippen LogP contribution < -0.4 is 0 Å². The Bertz CT molecular complexity index is 832. The highest BCUT2D eigenvalue weighted by molar-refractivity contribution is 5.49. The van der Waals surface area contributed by atoms with E-state index in [0.29, 0.717) is 0 Å². The molecule has 0 aliphatic carbocycles. The number of allylic oxidation sites excluding steroid dienone is 2. The van der Waals surface area contributed by atoms with Crippen molar-refractivity contribution in [3.63, 3.8) is 0 Å². The van der Waals surface area contributed by atoms with E-state index in [1.165, 1.54) is 38.5 Å². The zero-order chi connectivity index (χ0) is 21.3. The average molecular weight is 397 g/mol. The molecule has 0 N–H and O–H groups in total. The van der Waals surface area contributed by atoms with Crippen LogP contribution in [0.5, 0.6) is 0 Å². The Labute approximate surface area is 182 Å². The molecule has 0 aliphatic heterocycles. The van der Waals surface area contributed by atoms with Gasteiger partial charge >= 0.3 is 0 Å². The van der Waals surface area contributed by atoms with E-state index in [1.54, 1.807) is 12.4 Å². The minimum atomic E-state index is 0.870. The second-order valence-electron chi connectivity index (χ2n) is 7.24. The first-order valence-corrected chi connectivity index (χ1v) is 11.1. The van der Waals surface area contributed by atoms with Crippen molar-refractivity contribution in [2.24, 2.45) is 0 Å². The maximum Gasteiger partial charge on any atom is 0.0627 e. The number of pyridine rings is 2. The average Bonchev–Trinajstić information content (AvgIpc) is 2.78. The molecule has 0 fully saturated rings. The Morgan fingerprint density at radius 1 is 0.667 bits per heavy atom. The van der Waals surface area contributed by atoms with Gasteiger partial charge in [0, 0.05) is 23.5 Å². The minimum absolute atomic E-state index is 0.870. The summed E-state index contributed by atoms with van der Waals surface area (Å²) < 4.78 is 0. The van der Waals surface area contributed by atoms with Gasteiger partial charge in [0.05, 0.1) is 11.4 Å². The van der Waals surface area contributed by atoms with Crippen molar-refractivity contribution in [2.45, 2.75) is 65.2 Å². The molecule has 0 aliphatic rings. The number of nitrogens with zero attached hydrogens (tertiary/aromatic N) is 2. The molecule has 154 valence electrons. The fourth-order valence-electron chi connectivity index (χ4n) is 2.80. The topological polar surface area (TPSA) is 25.8 Å². The molecule has 0 saturated carbocycles. The van der Waals surface area contributed by atoms with Crippen molar-refractivity contribution in [3.8, 4) is 23.7 Å². The first-order chi connectivity index (χ1) is 14.8. The van der Waals surface area contributed by atoms with Crippen molar-refractivity contribution in [2.75, 3.05) is 0 Å². The third kappa shape index (κ3) is 9.90. The summed E-state index contributed by atoms with van der Waals surface area (Å²) in [5.41, 5.74) is 3.67. The maximum absolute atomic E-state index is 4.43. The normalized spacial score (nSPS) is 10.6. The van der Waals surface area contributed by atoms with Gasteiger partial charge in [0.25, 0.3) is 0 Å². The number of aromatic nitrogens is 2. The molecule has 0 amide bonds. The molecule has 2 aromatic heterocycles. The SMILES string of the molecule is CCCCC/C=C/c1ccc(C#CC#Cc2ccc(/C=C/CCCCC)nc2)cn1. The van der Waals surface area contributed by atoms with Crippen LogP contribution in [0.1, 0.15) is 87.7 Å². The minimum Gasteiger partial charge on any atom is -0.256 e. The largest absolute Gasteiger partial charge is 0.256 e. The quantitative estimate of drug-likeness (QED) is 0.317. The van der Waals surface area contributed by atoms with Crippen molar-refractivity contribution >= 4 is 12.2 Å². The van der Waals surface area contributed by atoms with Crippen LogP contribution in [0.2, 0.25) is 0 Å². The van der Waals surface area contributed by atoms with E-state index in [-0.39, 0.29) is 0 Å². The lowest BCUT2D eigenvalue weighted by atomic mass is 10.2. The van der Waals surface area contributed by atoms with Crippen LogP contribution in [0.4, 0.5) is 0 Å². The van der Waals surface area contributed by atoms with E-state index >= 15 is 0 Å². The molecule has 2 heteroatoms. The van der Waals surface area contributed by atoms with E-state index in [1.807, 2.05) is 24.3 Å². The van der Waals surface area contributed by atoms with Gasteiger partial charge in [0.15, 0.2) is 0 Å². The molecule has 30 heavy (non-hydrogen) atoms. The molecule has 0 radical (unpaired) electrons. The summed E-state index contributed by atoms with van der Waals surface area (Å²) in [5.74, 6) is 11.9. The Morgan fingerprint density at radius 3 is 1.50 bits per heavy atom. The molecule has 2 rings (SSSR count). The predicted octanol–water partition coefficient (Wildman–Crippen LogP) is 7.07. The molecule has 2 aromatic rings. The van der Waals surface area contributed by atoms with Crippen molar-refractivity contribution < 1.29 is 0 Å². The lowest BCUT2D eigenvalue weighted by Crippen LogP contribution is -1.83. The third-order valence-corrected chi connectivity index (χ3v) is 4.57. The van der Waals surface area contributed by atoms with Gasteiger partial charge in [-0.2, -0.15) is 0 Å². The number of hydrogen-bond acceptors (Lipinski definition) is 2. The number of hydrogen-bond donors (Lipinski definition) is 0. The second-order valence-corrected chi connectivity index (χ2v) is 7.24. The summed E-state index contributed by atoms with van der Waals surface area (Å²) in [6.07, 6.45) is 21.9. The van der Waals surface area contributed by atoms with Gasteiger partial charge in [0.1, 0.15) is 0 Å². The highest BCUT2D eigenvalue weighted by Crippen LogP contribution is 2.06. The third-order valence-electron chi connectivity index (χ3n) is 4.57. The summed E-state index contributed by atoms with van der Waals surface area (Å²) in [6.45, 7) is 4.44. The van der Waals surface area contributed by atoms with E-state index < -0.39 is 0 Å². The van der Waals surface area contributed by atoms with E-state index in [0.717, 1.165) is 35.4 Å². The number of rotatable bonds is 10. The molecular weight excluding hydrogens is 364 g/mol. The monoisotopic (exact) mass is 396 g/mol. The molecule has 0 aromatic carbocycles. The Balaban J connectivity index is 1.83. The highest BCUT2D eigenvalue weighted by Gasteiger charge is 1.91. The molecular formula is C28H32N2. The van der Waals surface area contributed by atoms with Gasteiger partial charge in [-0.3, -0.25) is 9.97 Å². The molecule has 0 atom stereocenters. The van der Waals surface area contributed by atoms with E-state index in [9.17, 15) is 0 Å². The van der Waals surface area contributed by atoms with E-state index in [4.69, 9.17) is 0 Å². The smallest absolute Gasteiger partial charge is 0.0627 e. The molecule has 0 spiro atoms. The van der Waals surface area contributed by atoms with Gasteiger partial charge in [-0.05, 0) is 73.9 Å². The first kappa shape index (κ1) is 23.2. The van der Waals surface area contributed by atoms with Crippen LogP contribution >= 0.6 is 0 Å². The van der Waals surface area contributed by atoms with Gasteiger partial charge in [-0.25, -0.2) is 0 Å². The van der Waals surface area contributed by atoms with Crippen molar-refractivity contribution in [1.29, 1.82) is 0 Å².